The molecule has 2 aliphatic heterocycles. The maximum Gasteiger partial charge on any atom is 0.433 e. The summed E-state index contributed by atoms with van der Waals surface area (Å²) in [4.78, 5) is 23.6. The summed E-state index contributed by atoms with van der Waals surface area (Å²) >= 11 is 0. The molecule has 1 spiro atoms. The van der Waals surface area contributed by atoms with E-state index in [1.54, 1.807) is 4.90 Å². The molecular formula is C13H16N2O6. The fraction of sp³-hybridized carbons (Fsp3) is 0.615. The molecule has 114 valence electrons. The minimum Gasteiger partial charge on any atom is -0.395 e. The number of amides is 1. The van der Waals surface area contributed by atoms with Crippen molar-refractivity contribution in [3.63, 3.8) is 0 Å². The lowest BCUT2D eigenvalue weighted by Crippen LogP contribution is -2.65. The smallest absolute Gasteiger partial charge is 0.395 e. The largest absolute Gasteiger partial charge is 0.433 e. The van der Waals surface area contributed by atoms with Gasteiger partial charge in [-0.2, -0.15) is 0 Å². The van der Waals surface area contributed by atoms with E-state index in [1.165, 1.54) is 12.1 Å². The number of furan rings is 1. The molecule has 2 fully saturated rings. The fourth-order valence-corrected chi connectivity index (χ4v) is 2.52. The minimum atomic E-state index is -0.667. The van der Waals surface area contributed by atoms with Crippen molar-refractivity contribution in [3.05, 3.63) is 28.0 Å². The molecule has 0 N–H and O–H groups in total. The first-order valence-corrected chi connectivity index (χ1v) is 6.62. The Bertz CT molecular complexity index is 575. The molecule has 8 nitrogen and oxygen atoms in total. The molecule has 0 bridgehead atoms. The third-order valence-corrected chi connectivity index (χ3v) is 3.77. The third-order valence-electron chi connectivity index (χ3n) is 3.77. The molecule has 21 heavy (non-hydrogen) atoms. The Morgan fingerprint density at radius 1 is 1.29 bits per heavy atom. The van der Waals surface area contributed by atoms with Crippen LogP contribution in [0, 0.1) is 15.5 Å². The van der Waals surface area contributed by atoms with E-state index in [0.29, 0.717) is 26.3 Å². The summed E-state index contributed by atoms with van der Waals surface area (Å²) in [7, 11) is 0. The van der Waals surface area contributed by atoms with Crippen molar-refractivity contribution in [2.45, 2.75) is 19.6 Å². The van der Waals surface area contributed by atoms with Gasteiger partial charge in [-0.15, -0.1) is 0 Å². The van der Waals surface area contributed by atoms with Gasteiger partial charge in [0, 0.05) is 13.1 Å². The van der Waals surface area contributed by atoms with E-state index in [-0.39, 0.29) is 17.1 Å². The molecule has 0 radical (unpaired) electrons. The van der Waals surface area contributed by atoms with Gasteiger partial charge in [-0.25, -0.2) is 0 Å². The van der Waals surface area contributed by atoms with Crippen LogP contribution in [0.4, 0.5) is 5.88 Å². The Kier molecular flexibility index (Phi) is 3.03. The molecule has 1 aromatic heterocycles. The van der Waals surface area contributed by atoms with E-state index < -0.39 is 16.6 Å². The highest BCUT2D eigenvalue weighted by molar-refractivity contribution is 5.92. The quantitative estimate of drug-likeness (QED) is 0.605. The predicted octanol–water partition coefficient (Wildman–Crippen LogP) is 1.41. The molecule has 0 unspecified atom stereocenters. The number of hydrogen-bond acceptors (Lipinski definition) is 6. The topological polar surface area (TPSA) is 95.0 Å². The van der Waals surface area contributed by atoms with Crippen molar-refractivity contribution in [3.8, 4) is 0 Å². The maximum atomic E-state index is 12.1. The predicted molar refractivity (Wildman–Crippen MR) is 69.7 cm³/mol. The summed E-state index contributed by atoms with van der Waals surface area (Å²) < 4.78 is 16.2. The summed E-state index contributed by atoms with van der Waals surface area (Å²) in [6.45, 7) is 5.75. The number of nitrogens with zero attached hydrogens (tertiary/aromatic N) is 2. The second-order valence-electron chi connectivity index (χ2n) is 6.03. The molecule has 0 saturated carbocycles. The van der Waals surface area contributed by atoms with E-state index in [4.69, 9.17) is 13.9 Å². The van der Waals surface area contributed by atoms with Gasteiger partial charge in [-0.05, 0) is 19.9 Å². The number of likely N-dealkylation sites (tertiary alicyclic amines) is 1. The molecule has 1 amide bonds. The van der Waals surface area contributed by atoms with E-state index in [0.717, 1.165) is 0 Å². The van der Waals surface area contributed by atoms with Crippen LogP contribution >= 0.6 is 0 Å². The lowest BCUT2D eigenvalue weighted by Gasteiger charge is -2.53. The Morgan fingerprint density at radius 3 is 2.43 bits per heavy atom. The second kappa shape index (κ2) is 4.54. The van der Waals surface area contributed by atoms with Crippen LogP contribution in [-0.4, -0.2) is 47.8 Å². The van der Waals surface area contributed by atoms with Crippen LogP contribution in [0.2, 0.25) is 0 Å². The van der Waals surface area contributed by atoms with Gasteiger partial charge in [0.25, 0.3) is 5.91 Å². The van der Waals surface area contributed by atoms with Crippen molar-refractivity contribution in [1.29, 1.82) is 0 Å². The average molecular weight is 296 g/mol. The molecule has 2 aliphatic rings. The van der Waals surface area contributed by atoms with Gasteiger partial charge in [0.2, 0.25) is 0 Å². The zero-order valence-electron chi connectivity index (χ0n) is 11.8. The van der Waals surface area contributed by atoms with Crippen LogP contribution in [0.3, 0.4) is 0 Å². The highest BCUT2D eigenvalue weighted by Gasteiger charge is 2.50. The lowest BCUT2D eigenvalue weighted by molar-refractivity contribution is -0.402. The van der Waals surface area contributed by atoms with Crippen LogP contribution < -0.4 is 0 Å². The van der Waals surface area contributed by atoms with Crippen molar-refractivity contribution >= 4 is 11.8 Å². The number of ether oxygens (including phenoxy) is 2. The number of nitro groups is 1. The summed E-state index contributed by atoms with van der Waals surface area (Å²) in [6.07, 6.45) is 0. The molecule has 3 rings (SSSR count). The molecule has 1 aromatic rings. The van der Waals surface area contributed by atoms with Crippen LogP contribution in [0.15, 0.2) is 16.5 Å². The van der Waals surface area contributed by atoms with Crippen molar-refractivity contribution in [2.24, 2.45) is 5.41 Å². The standard InChI is InChI=1S/C13H16N2O6/c1-12(2)19-7-13(8-20-12)5-14(6-13)11(16)9-3-4-10(21-9)15(17)18/h3-4H,5-8H2,1-2H3. The Morgan fingerprint density at radius 2 is 1.90 bits per heavy atom. The minimum absolute atomic E-state index is 0.0190. The van der Waals surface area contributed by atoms with Crippen molar-refractivity contribution in [1.82, 2.24) is 4.90 Å². The Balaban J connectivity index is 1.61. The summed E-state index contributed by atoms with van der Waals surface area (Å²) in [6, 6.07) is 2.50. The number of carbonyl (C=O) groups is 1. The van der Waals surface area contributed by atoms with Crippen molar-refractivity contribution in [2.75, 3.05) is 26.3 Å². The van der Waals surface area contributed by atoms with Gasteiger partial charge in [0.1, 0.15) is 4.92 Å². The van der Waals surface area contributed by atoms with Crippen LogP contribution in [-0.2, 0) is 9.47 Å². The third kappa shape index (κ3) is 2.52. The van der Waals surface area contributed by atoms with Crippen LogP contribution in [0.5, 0.6) is 0 Å². The molecule has 2 saturated heterocycles. The molecule has 0 aliphatic carbocycles. The Labute approximate surface area is 120 Å². The highest BCUT2D eigenvalue weighted by Crippen LogP contribution is 2.38. The first-order chi connectivity index (χ1) is 9.80. The van der Waals surface area contributed by atoms with E-state index in [9.17, 15) is 14.9 Å². The SMILES string of the molecule is CC1(C)OCC2(CO1)CN(C(=O)c1ccc([N+](=O)[O-])o1)C2. The monoisotopic (exact) mass is 296 g/mol. The van der Waals surface area contributed by atoms with Gasteiger partial charge in [-0.3, -0.25) is 14.9 Å². The van der Waals surface area contributed by atoms with Gasteiger partial charge < -0.3 is 18.8 Å². The molecule has 3 heterocycles. The van der Waals surface area contributed by atoms with Crippen LogP contribution in [0.25, 0.3) is 0 Å². The highest BCUT2D eigenvalue weighted by atomic mass is 16.7. The normalized spacial score (nSPS) is 22.9. The summed E-state index contributed by atoms with van der Waals surface area (Å²) in [5.74, 6) is -1.38. The van der Waals surface area contributed by atoms with Gasteiger partial charge in [0.15, 0.2) is 11.5 Å². The first-order valence-electron chi connectivity index (χ1n) is 6.62. The fourth-order valence-electron chi connectivity index (χ4n) is 2.52. The summed E-state index contributed by atoms with van der Waals surface area (Å²) in [5, 5.41) is 10.5. The van der Waals surface area contributed by atoms with Crippen LogP contribution in [0.1, 0.15) is 24.4 Å². The first kappa shape index (κ1) is 14.0. The van der Waals surface area contributed by atoms with E-state index in [1.807, 2.05) is 13.8 Å². The summed E-state index contributed by atoms with van der Waals surface area (Å²) in [5.41, 5.74) is -0.177. The van der Waals surface area contributed by atoms with Crippen molar-refractivity contribution < 1.29 is 23.6 Å². The maximum absolute atomic E-state index is 12.1. The van der Waals surface area contributed by atoms with E-state index in [2.05, 4.69) is 0 Å². The number of hydrogen-bond donors (Lipinski definition) is 0. The average Bonchev–Trinajstić information content (AvgIpc) is 2.85. The van der Waals surface area contributed by atoms with Gasteiger partial charge in [-0.1, -0.05) is 0 Å². The van der Waals surface area contributed by atoms with Gasteiger partial charge >= 0.3 is 5.88 Å². The molecule has 0 atom stereocenters. The zero-order chi connectivity index (χ0) is 15.3. The van der Waals surface area contributed by atoms with Gasteiger partial charge in [0.05, 0.1) is 24.7 Å². The molecule has 8 heteroatoms. The van der Waals surface area contributed by atoms with E-state index >= 15 is 0 Å². The molecule has 0 aromatic carbocycles. The molecular weight excluding hydrogens is 280 g/mol. The Hall–Kier alpha value is -1.93. The number of carbonyl (C=O) groups excluding carboxylic acids is 1. The number of rotatable bonds is 2. The lowest BCUT2D eigenvalue weighted by atomic mass is 9.80. The second-order valence-corrected chi connectivity index (χ2v) is 6.03. The zero-order valence-corrected chi connectivity index (χ0v) is 11.8.